The van der Waals surface area contributed by atoms with Gasteiger partial charge >= 0.3 is 6.01 Å². The topological polar surface area (TPSA) is 104 Å². The Bertz CT molecular complexity index is 896. The van der Waals surface area contributed by atoms with Crippen LogP contribution in [0.5, 0.6) is 11.5 Å². The van der Waals surface area contributed by atoms with Crippen molar-refractivity contribution in [2.75, 3.05) is 19.5 Å². The van der Waals surface area contributed by atoms with Crippen molar-refractivity contribution < 1.29 is 18.7 Å². The molecule has 0 aliphatic rings. The molecule has 2 aromatic heterocycles. The van der Waals surface area contributed by atoms with Gasteiger partial charge in [0, 0.05) is 18.3 Å². The van der Waals surface area contributed by atoms with Gasteiger partial charge in [0.2, 0.25) is 5.89 Å². The number of hydrogen-bond acceptors (Lipinski definition) is 7. The highest BCUT2D eigenvalue weighted by molar-refractivity contribution is 6.01. The first-order valence-electron chi connectivity index (χ1n) is 7.39. The van der Waals surface area contributed by atoms with Gasteiger partial charge in [-0.15, -0.1) is 5.10 Å². The lowest BCUT2D eigenvalue weighted by Crippen LogP contribution is -2.13. The Hall–Kier alpha value is -3.36. The molecule has 3 aromatic rings. The fourth-order valence-electron chi connectivity index (χ4n) is 2.19. The normalized spacial score (nSPS) is 10.6. The minimum absolute atomic E-state index is 0.0157. The van der Waals surface area contributed by atoms with Gasteiger partial charge in [-0.25, -0.2) is 0 Å². The van der Waals surface area contributed by atoms with Crippen molar-refractivity contribution in [1.82, 2.24) is 20.0 Å². The van der Waals surface area contributed by atoms with E-state index >= 15 is 0 Å². The third-order valence-electron chi connectivity index (χ3n) is 3.62. The minimum Gasteiger partial charge on any atom is -0.493 e. The lowest BCUT2D eigenvalue weighted by molar-refractivity contribution is 0.101. The Labute approximate surface area is 143 Å². The molecule has 9 nitrogen and oxygen atoms in total. The van der Waals surface area contributed by atoms with E-state index in [1.165, 1.54) is 7.11 Å². The van der Waals surface area contributed by atoms with Gasteiger partial charge in [-0.2, -0.15) is 5.10 Å². The third kappa shape index (κ3) is 3.30. The summed E-state index contributed by atoms with van der Waals surface area (Å²) in [4.78, 5) is 12.2. The number of ether oxygens (including phenoxy) is 2. The van der Waals surface area contributed by atoms with Gasteiger partial charge in [0.1, 0.15) is 0 Å². The second-order valence-corrected chi connectivity index (χ2v) is 5.23. The van der Waals surface area contributed by atoms with Crippen molar-refractivity contribution in [2.24, 2.45) is 7.05 Å². The number of amides is 1. The lowest BCUT2D eigenvalue weighted by Gasteiger charge is -2.07. The second-order valence-electron chi connectivity index (χ2n) is 5.23. The number of nitrogens with zero attached hydrogens (tertiary/aromatic N) is 4. The lowest BCUT2D eigenvalue weighted by atomic mass is 10.2. The predicted molar refractivity (Wildman–Crippen MR) is 88.7 cm³/mol. The molecule has 130 valence electrons. The molecule has 0 bridgehead atoms. The molecule has 0 saturated carbocycles. The molecule has 3 rings (SSSR count). The van der Waals surface area contributed by atoms with Crippen LogP contribution in [0.4, 0.5) is 6.01 Å². The smallest absolute Gasteiger partial charge is 0.322 e. The quantitative estimate of drug-likeness (QED) is 0.756. The number of aromatic nitrogens is 4. The van der Waals surface area contributed by atoms with Crippen molar-refractivity contribution in [3.05, 3.63) is 35.7 Å². The van der Waals surface area contributed by atoms with Crippen LogP contribution in [0.3, 0.4) is 0 Å². The standard InChI is InChI=1S/C16H17N5O4/c1-9-7-11(20-21(9)2)14(22)17-16-19-18-15(25-16)10-5-6-12(23-3)13(8-10)24-4/h5-8H,1-4H3,(H,17,19,22). The summed E-state index contributed by atoms with van der Waals surface area (Å²) in [6.45, 7) is 1.85. The van der Waals surface area contributed by atoms with Gasteiger partial charge in [0.25, 0.3) is 5.91 Å². The molecule has 0 spiro atoms. The van der Waals surface area contributed by atoms with Gasteiger partial charge in [-0.1, -0.05) is 5.10 Å². The Morgan fingerprint density at radius 1 is 1.16 bits per heavy atom. The summed E-state index contributed by atoms with van der Waals surface area (Å²) in [5.41, 5.74) is 1.77. The maximum atomic E-state index is 12.2. The summed E-state index contributed by atoms with van der Waals surface area (Å²) < 4.78 is 17.5. The molecule has 2 heterocycles. The molecule has 0 aliphatic heterocycles. The number of anilines is 1. The number of rotatable bonds is 5. The molecule has 1 aromatic carbocycles. The molecule has 0 aliphatic carbocycles. The van der Waals surface area contributed by atoms with Gasteiger partial charge in [0.15, 0.2) is 17.2 Å². The van der Waals surface area contributed by atoms with Crippen LogP contribution < -0.4 is 14.8 Å². The SMILES string of the molecule is COc1ccc(-c2nnc(NC(=O)c3cc(C)n(C)n3)o2)cc1OC. The second kappa shape index (κ2) is 6.63. The molecule has 1 N–H and O–H groups in total. The van der Waals surface area contributed by atoms with E-state index in [1.807, 2.05) is 6.92 Å². The highest BCUT2D eigenvalue weighted by atomic mass is 16.5. The van der Waals surface area contributed by atoms with E-state index < -0.39 is 5.91 Å². The van der Waals surface area contributed by atoms with Gasteiger partial charge in [0.05, 0.1) is 14.2 Å². The Balaban J connectivity index is 1.79. The Kier molecular flexibility index (Phi) is 4.38. The molecule has 0 unspecified atom stereocenters. The zero-order valence-electron chi connectivity index (χ0n) is 14.2. The first-order valence-corrected chi connectivity index (χ1v) is 7.39. The first kappa shape index (κ1) is 16.5. The van der Waals surface area contributed by atoms with E-state index in [9.17, 15) is 4.79 Å². The first-order chi connectivity index (χ1) is 12.0. The van der Waals surface area contributed by atoms with E-state index in [2.05, 4.69) is 20.6 Å². The van der Waals surface area contributed by atoms with Crippen molar-refractivity contribution in [2.45, 2.75) is 6.92 Å². The molecular weight excluding hydrogens is 326 g/mol. The molecule has 0 fully saturated rings. The van der Waals surface area contributed by atoms with E-state index in [0.717, 1.165) is 5.69 Å². The molecule has 9 heteroatoms. The number of nitrogens with one attached hydrogen (secondary N) is 1. The fraction of sp³-hybridized carbons (Fsp3) is 0.250. The van der Waals surface area contributed by atoms with Crippen LogP contribution in [-0.2, 0) is 7.05 Å². The average Bonchev–Trinajstić information content (AvgIpc) is 3.21. The minimum atomic E-state index is -0.425. The predicted octanol–water partition coefficient (Wildman–Crippen LogP) is 2.05. The van der Waals surface area contributed by atoms with E-state index in [-0.39, 0.29) is 17.6 Å². The highest BCUT2D eigenvalue weighted by Gasteiger charge is 2.16. The van der Waals surface area contributed by atoms with Crippen molar-refractivity contribution >= 4 is 11.9 Å². The van der Waals surface area contributed by atoms with Crippen LogP contribution >= 0.6 is 0 Å². The van der Waals surface area contributed by atoms with Gasteiger partial charge < -0.3 is 13.9 Å². The van der Waals surface area contributed by atoms with Gasteiger partial charge in [-0.3, -0.25) is 14.8 Å². The Morgan fingerprint density at radius 2 is 1.92 bits per heavy atom. The molecule has 0 saturated heterocycles. The number of methoxy groups -OCH3 is 2. The van der Waals surface area contributed by atoms with E-state index in [4.69, 9.17) is 13.9 Å². The van der Waals surface area contributed by atoms with Crippen molar-refractivity contribution in [3.8, 4) is 23.0 Å². The maximum Gasteiger partial charge on any atom is 0.322 e. The highest BCUT2D eigenvalue weighted by Crippen LogP contribution is 2.32. The summed E-state index contributed by atoms with van der Waals surface area (Å²) in [6.07, 6.45) is 0. The number of carbonyl (C=O) groups is 1. The van der Waals surface area contributed by atoms with Crippen molar-refractivity contribution in [1.29, 1.82) is 0 Å². The largest absolute Gasteiger partial charge is 0.493 e. The third-order valence-corrected chi connectivity index (χ3v) is 3.62. The molecule has 25 heavy (non-hydrogen) atoms. The van der Waals surface area contributed by atoms with Crippen LogP contribution in [0, 0.1) is 6.92 Å². The number of aryl methyl sites for hydroxylation is 2. The van der Waals surface area contributed by atoms with Gasteiger partial charge in [-0.05, 0) is 31.2 Å². The average molecular weight is 343 g/mol. The maximum absolute atomic E-state index is 12.2. The summed E-state index contributed by atoms with van der Waals surface area (Å²) >= 11 is 0. The van der Waals surface area contributed by atoms with Crippen LogP contribution in [0.25, 0.3) is 11.5 Å². The zero-order chi connectivity index (χ0) is 18.0. The fourth-order valence-corrected chi connectivity index (χ4v) is 2.19. The Morgan fingerprint density at radius 3 is 2.56 bits per heavy atom. The number of hydrogen-bond donors (Lipinski definition) is 1. The van der Waals surface area contributed by atoms with Crippen LogP contribution in [0.2, 0.25) is 0 Å². The van der Waals surface area contributed by atoms with E-state index in [0.29, 0.717) is 17.1 Å². The number of carbonyl (C=O) groups excluding carboxylic acids is 1. The molecule has 0 atom stereocenters. The summed E-state index contributed by atoms with van der Waals surface area (Å²) in [5, 5.41) is 14.4. The summed E-state index contributed by atoms with van der Waals surface area (Å²) in [7, 11) is 4.85. The van der Waals surface area contributed by atoms with E-state index in [1.54, 1.807) is 43.1 Å². The van der Waals surface area contributed by atoms with Crippen LogP contribution in [-0.4, -0.2) is 40.1 Å². The van der Waals surface area contributed by atoms with Crippen LogP contribution in [0.1, 0.15) is 16.2 Å². The monoisotopic (exact) mass is 343 g/mol. The molecule has 1 amide bonds. The zero-order valence-corrected chi connectivity index (χ0v) is 14.2. The van der Waals surface area contributed by atoms with Crippen molar-refractivity contribution in [3.63, 3.8) is 0 Å². The van der Waals surface area contributed by atoms with Crippen LogP contribution in [0.15, 0.2) is 28.7 Å². The molecule has 0 radical (unpaired) electrons. The summed E-state index contributed by atoms with van der Waals surface area (Å²) in [5.74, 6) is 0.942. The summed E-state index contributed by atoms with van der Waals surface area (Å²) in [6, 6.07) is 6.84. The number of benzene rings is 1. The molecular formula is C16H17N5O4.